The summed E-state index contributed by atoms with van der Waals surface area (Å²) in [6.07, 6.45) is 0.984. The predicted octanol–water partition coefficient (Wildman–Crippen LogP) is 2.14. The number of halogens is 1. The highest BCUT2D eigenvalue weighted by atomic mass is 79.9. The Hall–Kier alpha value is -1.56. The second-order valence-corrected chi connectivity index (χ2v) is 4.73. The van der Waals surface area contributed by atoms with Gasteiger partial charge in [0.05, 0.1) is 5.56 Å². The number of phenols is 1. The third-order valence-corrected chi connectivity index (χ3v) is 2.88. The smallest absolute Gasteiger partial charge is 0.326 e. The molecule has 18 heavy (non-hydrogen) atoms. The molecule has 5 nitrogen and oxygen atoms in total. The lowest BCUT2D eigenvalue weighted by Gasteiger charge is -2.14. The summed E-state index contributed by atoms with van der Waals surface area (Å²) in [5, 5.41) is 20.9. The standard InChI is InChI=1S/C12H14BrNO4/c1-2-3-9(12(17)18)14-11(16)8-6-7(13)4-5-10(8)15/h4-6,9,15H,2-3H2,1H3,(H,14,16)(H,17,18). The van der Waals surface area contributed by atoms with Crippen LogP contribution in [0.1, 0.15) is 30.1 Å². The molecule has 98 valence electrons. The Bertz CT molecular complexity index is 461. The van der Waals surface area contributed by atoms with E-state index >= 15 is 0 Å². The average Bonchev–Trinajstić information content (AvgIpc) is 2.31. The Morgan fingerprint density at radius 3 is 2.67 bits per heavy atom. The summed E-state index contributed by atoms with van der Waals surface area (Å²) in [5.41, 5.74) is 0.0479. The van der Waals surface area contributed by atoms with E-state index in [2.05, 4.69) is 21.2 Å². The van der Waals surface area contributed by atoms with Crippen molar-refractivity contribution in [3.05, 3.63) is 28.2 Å². The Morgan fingerprint density at radius 1 is 1.44 bits per heavy atom. The van der Waals surface area contributed by atoms with Crippen molar-refractivity contribution in [2.45, 2.75) is 25.8 Å². The van der Waals surface area contributed by atoms with Gasteiger partial charge in [0.1, 0.15) is 11.8 Å². The number of aromatic hydroxyl groups is 1. The van der Waals surface area contributed by atoms with E-state index in [1.807, 2.05) is 6.92 Å². The normalized spacial score (nSPS) is 11.9. The summed E-state index contributed by atoms with van der Waals surface area (Å²) in [6, 6.07) is 3.46. The summed E-state index contributed by atoms with van der Waals surface area (Å²) >= 11 is 3.18. The summed E-state index contributed by atoms with van der Waals surface area (Å²) in [4.78, 5) is 22.8. The molecule has 1 aromatic rings. The molecule has 6 heteroatoms. The van der Waals surface area contributed by atoms with Gasteiger partial charge in [0.2, 0.25) is 0 Å². The van der Waals surface area contributed by atoms with Crippen molar-refractivity contribution in [1.29, 1.82) is 0 Å². The molecule has 0 aromatic heterocycles. The highest BCUT2D eigenvalue weighted by Crippen LogP contribution is 2.21. The number of benzene rings is 1. The second kappa shape index (κ2) is 6.39. The minimum Gasteiger partial charge on any atom is -0.507 e. The van der Waals surface area contributed by atoms with Crippen molar-refractivity contribution in [2.24, 2.45) is 0 Å². The van der Waals surface area contributed by atoms with Crippen molar-refractivity contribution in [3.63, 3.8) is 0 Å². The van der Waals surface area contributed by atoms with Gasteiger partial charge >= 0.3 is 5.97 Å². The SMILES string of the molecule is CCCC(NC(=O)c1cc(Br)ccc1O)C(=O)O. The van der Waals surface area contributed by atoms with Gasteiger partial charge in [-0.3, -0.25) is 4.79 Å². The average molecular weight is 316 g/mol. The quantitative estimate of drug-likeness (QED) is 0.777. The zero-order valence-electron chi connectivity index (χ0n) is 9.81. The van der Waals surface area contributed by atoms with Gasteiger partial charge in [-0.15, -0.1) is 0 Å². The van der Waals surface area contributed by atoms with E-state index in [4.69, 9.17) is 5.11 Å². The number of carboxylic acid groups (broad SMARTS) is 1. The molecular formula is C12H14BrNO4. The Balaban J connectivity index is 2.86. The van der Waals surface area contributed by atoms with E-state index in [0.717, 1.165) is 0 Å². The number of hydrogen-bond acceptors (Lipinski definition) is 3. The first-order valence-corrected chi connectivity index (χ1v) is 6.27. The molecule has 1 atom stereocenters. The van der Waals surface area contributed by atoms with Crippen LogP contribution in [0.2, 0.25) is 0 Å². The van der Waals surface area contributed by atoms with E-state index in [-0.39, 0.29) is 11.3 Å². The molecule has 1 aromatic carbocycles. The van der Waals surface area contributed by atoms with Crippen LogP contribution in [0.4, 0.5) is 0 Å². The Morgan fingerprint density at radius 2 is 2.11 bits per heavy atom. The molecule has 0 saturated carbocycles. The van der Waals surface area contributed by atoms with Crippen LogP contribution in [-0.4, -0.2) is 28.1 Å². The van der Waals surface area contributed by atoms with Crippen molar-refractivity contribution in [1.82, 2.24) is 5.32 Å². The van der Waals surface area contributed by atoms with E-state index in [0.29, 0.717) is 17.3 Å². The maximum Gasteiger partial charge on any atom is 0.326 e. The molecule has 0 bridgehead atoms. The van der Waals surface area contributed by atoms with Crippen molar-refractivity contribution in [3.8, 4) is 5.75 Å². The molecule has 0 spiro atoms. The van der Waals surface area contributed by atoms with Gasteiger partial charge in [-0.05, 0) is 24.6 Å². The lowest BCUT2D eigenvalue weighted by atomic mass is 10.1. The van der Waals surface area contributed by atoms with E-state index in [9.17, 15) is 14.7 Å². The van der Waals surface area contributed by atoms with Crippen LogP contribution in [0.3, 0.4) is 0 Å². The lowest BCUT2D eigenvalue weighted by Crippen LogP contribution is -2.40. The monoisotopic (exact) mass is 315 g/mol. The summed E-state index contributed by atoms with van der Waals surface area (Å²) < 4.78 is 0.632. The fraction of sp³-hybridized carbons (Fsp3) is 0.333. The fourth-order valence-corrected chi connectivity index (χ4v) is 1.83. The van der Waals surface area contributed by atoms with Gasteiger partial charge < -0.3 is 15.5 Å². The first kappa shape index (κ1) is 14.5. The topological polar surface area (TPSA) is 86.6 Å². The third kappa shape index (κ3) is 3.73. The number of carboxylic acids is 1. The molecule has 1 rings (SSSR count). The van der Waals surface area contributed by atoms with Gasteiger partial charge in [0, 0.05) is 4.47 Å². The third-order valence-electron chi connectivity index (χ3n) is 2.38. The summed E-state index contributed by atoms with van der Waals surface area (Å²) in [6.45, 7) is 1.83. The first-order valence-electron chi connectivity index (χ1n) is 5.48. The summed E-state index contributed by atoms with van der Waals surface area (Å²) in [7, 11) is 0. The first-order chi connectivity index (χ1) is 8.45. The highest BCUT2D eigenvalue weighted by Gasteiger charge is 2.21. The maximum atomic E-state index is 11.9. The number of phenolic OH excluding ortho intramolecular Hbond substituents is 1. The van der Waals surface area contributed by atoms with E-state index in [1.54, 1.807) is 6.07 Å². The van der Waals surface area contributed by atoms with Crippen LogP contribution < -0.4 is 5.32 Å². The molecule has 1 amide bonds. The Kier molecular flexibility index (Phi) is 5.15. The van der Waals surface area contributed by atoms with Crippen molar-refractivity contribution < 1.29 is 19.8 Å². The van der Waals surface area contributed by atoms with Gasteiger partial charge in [0.15, 0.2) is 0 Å². The number of carbonyl (C=O) groups is 2. The number of rotatable bonds is 5. The van der Waals surface area contributed by atoms with Crippen LogP contribution in [0.25, 0.3) is 0 Å². The van der Waals surface area contributed by atoms with Crippen molar-refractivity contribution >= 4 is 27.8 Å². The minimum absolute atomic E-state index is 0.0479. The molecule has 1 unspecified atom stereocenters. The largest absolute Gasteiger partial charge is 0.507 e. The zero-order chi connectivity index (χ0) is 13.7. The summed E-state index contributed by atoms with van der Waals surface area (Å²) in [5.74, 6) is -1.87. The van der Waals surface area contributed by atoms with E-state index < -0.39 is 17.9 Å². The van der Waals surface area contributed by atoms with Gasteiger partial charge in [-0.25, -0.2) is 4.79 Å². The molecule has 0 saturated heterocycles. The highest BCUT2D eigenvalue weighted by molar-refractivity contribution is 9.10. The molecule has 0 aliphatic carbocycles. The van der Waals surface area contributed by atoms with Crippen LogP contribution in [0.15, 0.2) is 22.7 Å². The molecule has 0 fully saturated rings. The number of amides is 1. The van der Waals surface area contributed by atoms with E-state index in [1.165, 1.54) is 12.1 Å². The molecule has 0 radical (unpaired) electrons. The van der Waals surface area contributed by atoms with Crippen LogP contribution in [-0.2, 0) is 4.79 Å². The number of carbonyl (C=O) groups excluding carboxylic acids is 1. The fourth-order valence-electron chi connectivity index (χ4n) is 1.47. The van der Waals surface area contributed by atoms with Crippen LogP contribution >= 0.6 is 15.9 Å². The van der Waals surface area contributed by atoms with Crippen LogP contribution in [0.5, 0.6) is 5.75 Å². The minimum atomic E-state index is -1.08. The Labute approximate surface area is 113 Å². The molecule has 0 aliphatic rings. The zero-order valence-corrected chi connectivity index (χ0v) is 11.4. The molecule has 3 N–H and O–H groups in total. The number of nitrogens with one attached hydrogen (secondary N) is 1. The predicted molar refractivity (Wildman–Crippen MR) is 69.6 cm³/mol. The van der Waals surface area contributed by atoms with Crippen molar-refractivity contribution in [2.75, 3.05) is 0 Å². The lowest BCUT2D eigenvalue weighted by molar-refractivity contribution is -0.139. The number of hydrogen-bond donors (Lipinski definition) is 3. The van der Waals surface area contributed by atoms with Gasteiger partial charge in [0.25, 0.3) is 5.91 Å². The molecular weight excluding hydrogens is 302 g/mol. The van der Waals surface area contributed by atoms with Crippen LogP contribution in [0, 0.1) is 0 Å². The molecule has 0 heterocycles. The second-order valence-electron chi connectivity index (χ2n) is 3.81. The van der Waals surface area contributed by atoms with Gasteiger partial charge in [-0.2, -0.15) is 0 Å². The van der Waals surface area contributed by atoms with Gasteiger partial charge in [-0.1, -0.05) is 29.3 Å². The maximum absolute atomic E-state index is 11.9. The number of aliphatic carboxylic acids is 1. The molecule has 0 aliphatic heterocycles.